The quantitative estimate of drug-likeness (QED) is 0.614. The SMILES string of the molecule is CCN(CC1CC1)S(=O)(=O)c1ccc([N+](=O)[O-])cc1NC. The van der Waals surface area contributed by atoms with Gasteiger partial charge in [0.15, 0.2) is 0 Å². The second-order valence-electron chi connectivity index (χ2n) is 5.09. The molecule has 0 saturated heterocycles. The van der Waals surface area contributed by atoms with Gasteiger partial charge in [-0.3, -0.25) is 10.1 Å². The number of rotatable bonds is 7. The molecule has 0 unspecified atom stereocenters. The number of sulfonamides is 1. The van der Waals surface area contributed by atoms with E-state index >= 15 is 0 Å². The molecule has 1 N–H and O–H groups in total. The molecule has 2 rings (SSSR count). The Bertz CT molecular complexity index is 641. The maximum Gasteiger partial charge on any atom is 0.271 e. The van der Waals surface area contributed by atoms with Gasteiger partial charge in [-0.05, 0) is 24.8 Å². The van der Waals surface area contributed by atoms with Crippen molar-refractivity contribution in [1.82, 2.24) is 4.31 Å². The standard InChI is InChI=1S/C13H19N3O4S/c1-3-15(9-10-4-5-10)21(19,20)13-7-6-11(16(17)18)8-12(13)14-2/h6-8,10,14H,3-5,9H2,1-2H3. The normalized spacial score (nSPS) is 15.2. The van der Waals surface area contributed by atoms with Gasteiger partial charge in [-0.2, -0.15) is 4.31 Å². The van der Waals surface area contributed by atoms with Gasteiger partial charge in [0.1, 0.15) is 4.90 Å². The van der Waals surface area contributed by atoms with Crippen LogP contribution in [-0.4, -0.2) is 37.8 Å². The van der Waals surface area contributed by atoms with Crippen LogP contribution in [0.25, 0.3) is 0 Å². The summed E-state index contributed by atoms with van der Waals surface area (Å²) in [6.45, 7) is 2.70. The van der Waals surface area contributed by atoms with Gasteiger partial charge in [-0.25, -0.2) is 8.42 Å². The summed E-state index contributed by atoms with van der Waals surface area (Å²) in [5.41, 5.74) is 0.113. The largest absolute Gasteiger partial charge is 0.387 e. The first-order valence-corrected chi connectivity index (χ1v) is 8.30. The van der Waals surface area contributed by atoms with E-state index in [1.165, 1.54) is 22.5 Å². The molecular weight excluding hydrogens is 294 g/mol. The first-order valence-electron chi connectivity index (χ1n) is 6.86. The molecule has 0 aliphatic heterocycles. The van der Waals surface area contributed by atoms with E-state index < -0.39 is 14.9 Å². The van der Waals surface area contributed by atoms with Crippen LogP contribution in [0.1, 0.15) is 19.8 Å². The summed E-state index contributed by atoms with van der Waals surface area (Å²) in [4.78, 5) is 10.3. The molecule has 0 radical (unpaired) electrons. The third kappa shape index (κ3) is 3.33. The van der Waals surface area contributed by atoms with Gasteiger partial charge in [0.25, 0.3) is 5.69 Å². The third-order valence-electron chi connectivity index (χ3n) is 3.57. The zero-order valence-corrected chi connectivity index (χ0v) is 12.9. The summed E-state index contributed by atoms with van der Waals surface area (Å²) in [6.07, 6.45) is 2.12. The molecule has 8 heteroatoms. The van der Waals surface area contributed by atoms with Crippen molar-refractivity contribution in [2.75, 3.05) is 25.5 Å². The van der Waals surface area contributed by atoms with E-state index in [-0.39, 0.29) is 16.3 Å². The van der Waals surface area contributed by atoms with E-state index in [0.29, 0.717) is 19.0 Å². The molecule has 0 spiro atoms. The van der Waals surface area contributed by atoms with Crippen molar-refractivity contribution in [2.24, 2.45) is 5.92 Å². The minimum atomic E-state index is -3.64. The fraction of sp³-hybridized carbons (Fsp3) is 0.538. The summed E-state index contributed by atoms with van der Waals surface area (Å²) >= 11 is 0. The Balaban J connectivity index is 2.40. The highest BCUT2D eigenvalue weighted by atomic mass is 32.2. The molecule has 1 aliphatic carbocycles. The number of nitrogens with zero attached hydrogens (tertiary/aromatic N) is 2. The summed E-state index contributed by atoms with van der Waals surface area (Å²) < 4.78 is 26.8. The topological polar surface area (TPSA) is 92.5 Å². The van der Waals surface area contributed by atoms with E-state index in [2.05, 4.69) is 5.32 Å². The van der Waals surface area contributed by atoms with Gasteiger partial charge in [0.2, 0.25) is 10.0 Å². The van der Waals surface area contributed by atoms with Crippen molar-refractivity contribution < 1.29 is 13.3 Å². The zero-order valence-electron chi connectivity index (χ0n) is 12.1. The molecule has 0 amide bonds. The highest BCUT2D eigenvalue weighted by Crippen LogP contribution is 2.33. The highest BCUT2D eigenvalue weighted by molar-refractivity contribution is 7.89. The number of hydrogen-bond donors (Lipinski definition) is 1. The van der Waals surface area contributed by atoms with Gasteiger partial charge in [-0.15, -0.1) is 0 Å². The van der Waals surface area contributed by atoms with Gasteiger partial charge >= 0.3 is 0 Å². The predicted octanol–water partition coefficient (Wildman–Crippen LogP) is 2.06. The van der Waals surface area contributed by atoms with E-state index in [0.717, 1.165) is 12.8 Å². The molecule has 1 saturated carbocycles. The molecule has 0 heterocycles. The molecular formula is C13H19N3O4S. The minimum Gasteiger partial charge on any atom is -0.387 e. The summed E-state index contributed by atoms with van der Waals surface area (Å²) in [5, 5.41) is 13.5. The van der Waals surface area contributed by atoms with Gasteiger partial charge in [0.05, 0.1) is 10.6 Å². The summed E-state index contributed by atoms with van der Waals surface area (Å²) in [7, 11) is -2.09. The number of non-ortho nitro benzene ring substituents is 1. The minimum absolute atomic E-state index is 0.0816. The van der Waals surface area contributed by atoms with Crippen LogP contribution < -0.4 is 5.32 Å². The molecule has 1 fully saturated rings. The maximum atomic E-state index is 12.7. The lowest BCUT2D eigenvalue weighted by atomic mass is 10.3. The number of anilines is 1. The first kappa shape index (κ1) is 15.7. The fourth-order valence-corrected chi connectivity index (χ4v) is 3.88. The van der Waals surface area contributed by atoms with Crippen LogP contribution >= 0.6 is 0 Å². The predicted molar refractivity (Wildman–Crippen MR) is 79.8 cm³/mol. The average molecular weight is 313 g/mol. The lowest BCUT2D eigenvalue weighted by Gasteiger charge is -2.21. The van der Waals surface area contributed by atoms with Crippen LogP contribution in [0, 0.1) is 16.0 Å². The molecule has 0 atom stereocenters. The Morgan fingerprint density at radius 1 is 1.43 bits per heavy atom. The fourth-order valence-electron chi connectivity index (χ4n) is 2.18. The summed E-state index contributed by atoms with van der Waals surface area (Å²) in [5.74, 6) is 0.441. The monoisotopic (exact) mass is 313 g/mol. The van der Waals surface area contributed by atoms with Crippen molar-refractivity contribution in [1.29, 1.82) is 0 Å². The number of nitrogens with one attached hydrogen (secondary N) is 1. The van der Waals surface area contributed by atoms with Crippen LogP contribution in [0.5, 0.6) is 0 Å². The van der Waals surface area contributed by atoms with Crippen molar-refractivity contribution in [3.63, 3.8) is 0 Å². The maximum absolute atomic E-state index is 12.7. The van der Waals surface area contributed by atoms with E-state index in [4.69, 9.17) is 0 Å². The molecule has 1 aliphatic rings. The molecule has 21 heavy (non-hydrogen) atoms. The van der Waals surface area contributed by atoms with Crippen LogP contribution in [0.15, 0.2) is 23.1 Å². The number of nitro benzene ring substituents is 1. The van der Waals surface area contributed by atoms with Gasteiger partial charge < -0.3 is 5.32 Å². The Hall–Kier alpha value is -1.67. The zero-order chi connectivity index (χ0) is 15.6. The summed E-state index contributed by atoms with van der Waals surface area (Å²) in [6, 6.07) is 3.77. The smallest absolute Gasteiger partial charge is 0.271 e. The van der Waals surface area contributed by atoms with E-state index in [1.54, 1.807) is 14.0 Å². The number of hydrogen-bond acceptors (Lipinski definition) is 5. The molecule has 1 aromatic carbocycles. The van der Waals surface area contributed by atoms with Gasteiger partial charge in [0, 0.05) is 32.3 Å². The van der Waals surface area contributed by atoms with E-state index in [1.807, 2.05) is 0 Å². The van der Waals surface area contributed by atoms with E-state index in [9.17, 15) is 18.5 Å². The van der Waals surface area contributed by atoms with Gasteiger partial charge in [-0.1, -0.05) is 6.92 Å². The second-order valence-corrected chi connectivity index (χ2v) is 6.99. The van der Waals surface area contributed by atoms with Crippen LogP contribution in [0.4, 0.5) is 11.4 Å². The lowest BCUT2D eigenvalue weighted by Crippen LogP contribution is -2.33. The Morgan fingerprint density at radius 2 is 2.10 bits per heavy atom. The first-order chi connectivity index (χ1) is 9.90. The Morgan fingerprint density at radius 3 is 2.57 bits per heavy atom. The molecule has 1 aromatic rings. The second kappa shape index (κ2) is 5.98. The van der Waals surface area contributed by atoms with Crippen LogP contribution in [-0.2, 0) is 10.0 Å². The highest BCUT2D eigenvalue weighted by Gasteiger charge is 2.32. The Kier molecular flexibility index (Phi) is 4.48. The van der Waals surface area contributed by atoms with Crippen LogP contribution in [0.3, 0.4) is 0 Å². The van der Waals surface area contributed by atoms with Crippen molar-refractivity contribution in [3.05, 3.63) is 28.3 Å². The molecule has 7 nitrogen and oxygen atoms in total. The average Bonchev–Trinajstić information content (AvgIpc) is 3.27. The molecule has 0 aromatic heterocycles. The number of benzene rings is 1. The van der Waals surface area contributed by atoms with Crippen LogP contribution in [0.2, 0.25) is 0 Å². The molecule has 116 valence electrons. The Labute approximate surface area is 124 Å². The van der Waals surface area contributed by atoms with Crippen molar-refractivity contribution in [3.8, 4) is 0 Å². The third-order valence-corrected chi connectivity index (χ3v) is 5.57. The lowest BCUT2D eigenvalue weighted by molar-refractivity contribution is -0.384. The van der Waals surface area contributed by atoms with Crippen molar-refractivity contribution in [2.45, 2.75) is 24.7 Å². The van der Waals surface area contributed by atoms with Crippen molar-refractivity contribution >= 4 is 21.4 Å². The molecule has 0 bridgehead atoms. The number of nitro groups is 1.